The van der Waals surface area contributed by atoms with Gasteiger partial charge in [0.25, 0.3) is 20.2 Å². The van der Waals surface area contributed by atoms with Gasteiger partial charge in [-0.15, -0.1) is 10.2 Å². The molecule has 0 saturated carbocycles. The largest absolute Gasteiger partial charge is 0.507 e. The molecule has 0 bridgehead atoms. The van der Waals surface area contributed by atoms with E-state index in [-0.39, 0.29) is 73.9 Å². The minimum atomic E-state index is -4.54. The fraction of sp³-hybridized carbons (Fsp3) is 0. The smallest absolute Gasteiger partial charge is 0.294 e. The Morgan fingerprint density at radius 3 is 1.16 bits per heavy atom. The van der Waals surface area contributed by atoms with E-state index in [1.165, 1.54) is 36.4 Å². The molecule has 0 aliphatic heterocycles. The first-order valence-electron chi connectivity index (χ1n) is 13.8. The summed E-state index contributed by atoms with van der Waals surface area (Å²) in [5, 5.41) is 38.8. The predicted molar refractivity (Wildman–Crippen MR) is 186 cm³/mol. The number of nitrogen functional groups attached to an aromatic ring is 2. The van der Waals surface area contributed by atoms with E-state index in [1.807, 2.05) is 24.3 Å². The number of anilines is 2. The van der Waals surface area contributed by atoms with Gasteiger partial charge >= 0.3 is 0 Å². The molecule has 0 saturated heterocycles. The summed E-state index contributed by atoms with van der Waals surface area (Å²) < 4.78 is 64.9. The van der Waals surface area contributed by atoms with Gasteiger partial charge in [0.1, 0.15) is 22.9 Å². The Labute approximate surface area is 301 Å². The zero-order chi connectivity index (χ0) is 34.4. The van der Waals surface area contributed by atoms with E-state index in [0.29, 0.717) is 11.4 Å². The number of azo groups is 2. The molecule has 8 N–H and O–H groups in total. The molecule has 17 heteroatoms. The van der Waals surface area contributed by atoms with E-state index in [4.69, 9.17) is 11.5 Å². The number of benzene rings is 6. The zero-order valence-corrected chi connectivity index (χ0v) is 29.1. The fourth-order valence-corrected chi connectivity index (χ4v) is 6.07. The molecule has 0 aromatic heterocycles. The van der Waals surface area contributed by atoms with Gasteiger partial charge in [0, 0.05) is 41.7 Å². The minimum absolute atomic E-state index is 0. The number of nitrogens with zero attached hydrogens (tertiary/aromatic N) is 4. The SMILES string of the molecule is Nc1ccc2cc(S(=O)(=O)O)cc(O)c2c1N=Nc1ccc(-c2ccc(N=Nc3c(N)ccc4cc(S(=O)(=O)O)cc(O)c34)cc2)cc1.[Na]. The molecule has 0 spiro atoms. The molecule has 243 valence electrons. The van der Waals surface area contributed by atoms with Crippen molar-refractivity contribution in [1.29, 1.82) is 0 Å². The Morgan fingerprint density at radius 1 is 0.490 bits per heavy atom. The molecule has 0 amide bonds. The second kappa shape index (κ2) is 13.5. The van der Waals surface area contributed by atoms with Gasteiger partial charge in [0.15, 0.2) is 0 Å². The van der Waals surface area contributed by atoms with Crippen molar-refractivity contribution in [2.75, 3.05) is 11.5 Å². The molecule has 6 aromatic carbocycles. The monoisotopic (exact) mass is 707 g/mol. The van der Waals surface area contributed by atoms with Crippen LogP contribution in [0.5, 0.6) is 11.5 Å². The van der Waals surface area contributed by atoms with Crippen LogP contribution in [-0.4, -0.2) is 65.7 Å². The number of fused-ring (bicyclic) bond motifs is 2. The van der Waals surface area contributed by atoms with E-state index in [2.05, 4.69) is 20.5 Å². The summed E-state index contributed by atoms with van der Waals surface area (Å²) in [6.45, 7) is 0. The number of hydrogen-bond donors (Lipinski definition) is 6. The van der Waals surface area contributed by atoms with Crippen LogP contribution in [0.3, 0.4) is 0 Å². The topological polar surface area (TPSA) is 251 Å². The summed E-state index contributed by atoms with van der Waals surface area (Å²) in [5.41, 5.74) is 15.4. The normalized spacial score (nSPS) is 12.2. The van der Waals surface area contributed by atoms with Gasteiger partial charge in [-0.05, 0) is 70.4 Å². The molecule has 0 atom stereocenters. The van der Waals surface area contributed by atoms with Crippen molar-refractivity contribution in [3.05, 3.63) is 97.1 Å². The maximum absolute atomic E-state index is 11.6. The second-order valence-electron chi connectivity index (χ2n) is 10.5. The number of nitrogens with two attached hydrogens (primary N) is 2. The molecule has 49 heavy (non-hydrogen) atoms. The Hall–Kier alpha value is -4.94. The first-order chi connectivity index (χ1) is 22.7. The first-order valence-corrected chi connectivity index (χ1v) is 16.7. The van der Waals surface area contributed by atoms with E-state index < -0.39 is 41.5 Å². The van der Waals surface area contributed by atoms with Crippen LogP contribution in [0, 0.1) is 0 Å². The Balaban J connectivity index is 0.00000468. The Morgan fingerprint density at radius 2 is 0.837 bits per heavy atom. The Bertz CT molecular complexity index is 2370. The van der Waals surface area contributed by atoms with Crippen LogP contribution in [0.4, 0.5) is 34.1 Å². The van der Waals surface area contributed by atoms with Crippen LogP contribution < -0.4 is 11.5 Å². The zero-order valence-electron chi connectivity index (χ0n) is 25.4. The van der Waals surface area contributed by atoms with Gasteiger partial charge in [-0.2, -0.15) is 27.1 Å². The van der Waals surface area contributed by atoms with Crippen LogP contribution in [0.15, 0.2) is 127 Å². The van der Waals surface area contributed by atoms with Crippen LogP contribution >= 0.6 is 0 Å². The molecule has 0 aliphatic carbocycles. The summed E-state index contributed by atoms with van der Waals surface area (Å²) in [6.07, 6.45) is 0. The van der Waals surface area contributed by atoms with E-state index >= 15 is 0 Å². The van der Waals surface area contributed by atoms with Gasteiger partial charge in [-0.25, -0.2) is 0 Å². The number of rotatable bonds is 7. The average molecular weight is 708 g/mol. The fourth-order valence-electron chi connectivity index (χ4n) is 5.00. The van der Waals surface area contributed by atoms with Crippen LogP contribution in [0.1, 0.15) is 0 Å². The van der Waals surface area contributed by atoms with E-state index in [1.54, 1.807) is 24.3 Å². The quantitative estimate of drug-likeness (QED) is 0.0422. The average Bonchev–Trinajstić information content (AvgIpc) is 3.03. The van der Waals surface area contributed by atoms with Crippen molar-refractivity contribution < 1.29 is 36.2 Å². The maximum Gasteiger partial charge on any atom is 0.294 e. The number of phenolic OH excluding ortho intramolecular Hbond substituents is 2. The van der Waals surface area contributed by atoms with Crippen LogP contribution in [-0.2, 0) is 20.2 Å². The molecule has 14 nitrogen and oxygen atoms in total. The molecule has 0 aliphatic rings. The van der Waals surface area contributed by atoms with Gasteiger partial charge in [-0.3, -0.25) is 9.11 Å². The molecule has 1 radical (unpaired) electrons. The number of aromatic hydroxyl groups is 2. The molecular weight excluding hydrogens is 684 g/mol. The van der Waals surface area contributed by atoms with Gasteiger partial charge in [0.05, 0.1) is 43.3 Å². The third-order valence-corrected chi connectivity index (χ3v) is 9.01. The van der Waals surface area contributed by atoms with E-state index in [9.17, 15) is 36.2 Å². The molecule has 0 heterocycles. The molecule has 0 fully saturated rings. The summed E-state index contributed by atoms with van der Waals surface area (Å²) >= 11 is 0. The van der Waals surface area contributed by atoms with Crippen molar-refractivity contribution >= 4 is 105 Å². The number of hydrogen-bond acceptors (Lipinski definition) is 12. The molecule has 0 unspecified atom stereocenters. The summed E-state index contributed by atoms with van der Waals surface area (Å²) in [5.74, 6) is -0.875. The van der Waals surface area contributed by atoms with Crippen LogP contribution in [0.25, 0.3) is 32.7 Å². The van der Waals surface area contributed by atoms with Crippen molar-refractivity contribution in [3.8, 4) is 22.6 Å². The summed E-state index contributed by atoms with van der Waals surface area (Å²) in [7, 11) is -9.09. The van der Waals surface area contributed by atoms with Crippen LogP contribution in [0.2, 0.25) is 0 Å². The second-order valence-corrected chi connectivity index (χ2v) is 13.4. The molecular formula is C32H24N6NaO8S2. The van der Waals surface area contributed by atoms with Crippen molar-refractivity contribution in [3.63, 3.8) is 0 Å². The number of phenols is 2. The third kappa shape index (κ3) is 7.40. The first kappa shape index (κ1) is 35.4. The van der Waals surface area contributed by atoms with Crippen molar-refractivity contribution in [2.24, 2.45) is 20.5 Å². The van der Waals surface area contributed by atoms with Crippen molar-refractivity contribution in [2.45, 2.75) is 9.79 Å². The van der Waals surface area contributed by atoms with Gasteiger partial charge in [0.2, 0.25) is 0 Å². The summed E-state index contributed by atoms with van der Waals surface area (Å²) in [4.78, 5) is -0.943. The minimum Gasteiger partial charge on any atom is -0.507 e. The molecule has 6 rings (SSSR count). The van der Waals surface area contributed by atoms with Crippen molar-refractivity contribution in [1.82, 2.24) is 0 Å². The maximum atomic E-state index is 11.6. The standard InChI is InChI=1S/C32H24N6O8S2.Na/c33-25-11-5-19-13-23(47(41,42)43)15-27(39)29(19)31(25)37-35-21-7-1-17(2-8-21)18-3-9-22(10-4-18)36-38-32-26(34)12-6-20-14-24(48(44,45)46)16-28(40)30(20)32;/h1-16,39-40H,33-34H2,(H,41,42,43)(H,44,45,46);. The summed E-state index contributed by atoms with van der Waals surface area (Å²) in [6, 6.07) is 24.3. The Kier molecular flexibility index (Phi) is 9.76. The van der Waals surface area contributed by atoms with Gasteiger partial charge in [-0.1, -0.05) is 36.4 Å². The third-order valence-electron chi connectivity index (χ3n) is 7.34. The predicted octanol–water partition coefficient (Wildman–Crippen LogP) is 7.18. The molecule has 6 aromatic rings. The van der Waals surface area contributed by atoms with E-state index in [0.717, 1.165) is 23.3 Å². The van der Waals surface area contributed by atoms with Gasteiger partial charge < -0.3 is 21.7 Å².